The van der Waals surface area contributed by atoms with E-state index in [0.717, 1.165) is 29.4 Å². The van der Waals surface area contributed by atoms with Crippen molar-refractivity contribution in [1.82, 2.24) is 14.5 Å². The number of nitrogen functional groups attached to an aromatic ring is 1. The highest BCUT2D eigenvalue weighted by atomic mass is 19.1. The number of anilines is 1. The van der Waals surface area contributed by atoms with E-state index in [2.05, 4.69) is 26.3 Å². The molecule has 0 aliphatic heterocycles. The molecule has 2 heterocycles. The molecule has 1 aliphatic rings. The number of fused-ring (bicyclic) bond motifs is 1. The number of benzene rings is 1. The Morgan fingerprint density at radius 3 is 2.79 bits per heavy atom. The van der Waals surface area contributed by atoms with Gasteiger partial charge in [-0.15, -0.1) is 0 Å². The molecular weight excluding hydrogens is 357 g/mol. The summed E-state index contributed by atoms with van der Waals surface area (Å²) >= 11 is 0. The Hall–Kier alpha value is -3.29. The van der Waals surface area contributed by atoms with E-state index in [-0.39, 0.29) is 11.7 Å². The van der Waals surface area contributed by atoms with E-state index in [4.69, 9.17) is 11.6 Å². The molecule has 4 N–H and O–H groups in total. The summed E-state index contributed by atoms with van der Waals surface area (Å²) in [5, 5.41) is 4.77. The van der Waals surface area contributed by atoms with Gasteiger partial charge in [0.05, 0.1) is 23.3 Å². The van der Waals surface area contributed by atoms with E-state index in [1.807, 2.05) is 11.5 Å². The van der Waals surface area contributed by atoms with Gasteiger partial charge in [0.2, 0.25) is 0 Å². The summed E-state index contributed by atoms with van der Waals surface area (Å²) in [5.74, 6) is 6.17. The van der Waals surface area contributed by atoms with Crippen LogP contribution in [0.3, 0.4) is 0 Å². The zero-order valence-electron chi connectivity index (χ0n) is 15.6. The number of aromatic nitrogens is 3. The van der Waals surface area contributed by atoms with Crippen molar-refractivity contribution in [3.05, 3.63) is 48.2 Å². The van der Waals surface area contributed by atoms with Gasteiger partial charge in [0.25, 0.3) is 0 Å². The van der Waals surface area contributed by atoms with Gasteiger partial charge in [-0.3, -0.25) is 4.99 Å². The predicted octanol–water partition coefficient (Wildman–Crippen LogP) is 3.70. The molecule has 1 aliphatic carbocycles. The molecule has 1 aromatic carbocycles. The maximum Gasteiger partial charge on any atom is 0.148 e. The second-order valence-corrected chi connectivity index (χ2v) is 7.02. The number of nitrogens with zero attached hydrogens (tertiary/aromatic N) is 5. The van der Waals surface area contributed by atoms with Gasteiger partial charge >= 0.3 is 0 Å². The van der Waals surface area contributed by atoms with Gasteiger partial charge in [-0.1, -0.05) is 18.6 Å². The summed E-state index contributed by atoms with van der Waals surface area (Å²) < 4.78 is 15.8. The minimum Gasteiger partial charge on any atom is -0.383 e. The second-order valence-electron chi connectivity index (χ2n) is 7.02. The van der Waals surface area contributed by atoms with Crippen LogP contribution in [0.1, 0.15) is 43.7 Å². The SMILES string of the molecule is CC(C(C=Nc1ccccc1F)=NN)n1cc(C2CCC2)c2c(N)ncnc21. The lowest BCUT2D eigenvalue weighted by Gasteiger charge is -2.25. The van der Waals surface area contributed by atoms with Crippen LogP contribution in [0, 0.1) is 5.82 Å². The molecule has 1 saturated carbocycles. The molecule has 0 spiro atoms. The van der Waals surface area contributed by atoms with Crippen LogP contribution in [-0.4, -0.2) is 26.5 Å². The van der Waals surface area contributed by atoms with E-state index in [1.165, 1.54) is 25.0 Å². The summed E-state index contributed by atoms with van der Waals surface area (Å²) in [6.45, 7) is 1.95. The molecule has 8 heteroatoms. The van der Waals surface area contributed by atoms with Crippen LogP contribution in [0.25, 0.3) is 11.0 Å². The number of aliphatic imine (C=N–C) groups is 1. The summed E-state index contributed by atoms with van der Waals surface area (Å²) in [6.07, 6.45) is 8.49. The fourth-order valence-electron chi connectivity index (χ4n) is 3.55. The average Bonchev–Trinajstić information content (AvgIpc) is 3.02. The Bertz CT molecular complexity index is 1070. The molecule has 7 nitrogen and oxygen atoms in total. The quantitative estimate of drug-likeness (QED) is 0.400. The zero-order chi connectivity index (χ0) is 19.7. The number of halogens is 1. The van der Waals surface area contributed by atoms with Crippen molar-refractivity contribution in [1.29, 1.82) is 0 Å². The van der Waals surface area contributed by atoms with Crippen LogP contribution < -0.4 is 11.6 Å². The largest absolute Gasteiger partial charge is 0.383 e. The minimum absolute atomic E-state index is 0.231. The number of rotatable bonds is 5. The fraction of sp³-hybridized carbons (Fsp3) is 0.300. The standard InChI is InChI=1S/C20H22FN7/c1-12(17(27-23)9-24-16-8-3-2-7-15(16)21)28-10-14(13-5-4-6-13)18-19(22)25-11-26-20(18)28/h2-3,7-13H,4-6,23H2,1H3,(H2,22,25,26). The third-order valence-electron chi connectivity index (χ3n) is 5.40. The minimum atomic E-state index is -0.401. The van der Waals surface area contributed by atoms with Gasteiger partial charge < -0.3 is 16.1 Å². The van der Waals surface area contributed by atoms with Crippen LogP contribution in [0.5, 0.6) is 0 Å². The van der Waals surface area contributed by atoms with Crippen molar-refractivity contribution in [2.45, 2.75) is 38.1 Å². The highest BCUT2D eigenvalue weighted by molar-refractivity contribution is 6.32. The maximum absolute atomic E-state index is 13.8. The first-order valence-electron chi connectivity index (χ1n) is 9.27. The molecular formula is C20H22FN7. The Labute approximate surface area is 162 Å². The van der Waals surface area contributed by atoms with Gasteiger partial charge in [0, 0.05) is 6.20 Å². The van der Waals surface area contributed by atoms with Gasteiger partial charge in [-0.2, -0.15) is 5.10 Å². The molecule has 0 bridgehead atoms. The van der Waals surface area contributed by atoms with Crippen LogP contribution in [0.2, 0.25) is 0 Å². The highest BCUT2D eigenvalue weighted by Crippen LogP contribution is 2.42. The molecule has 4 rings (SSSR count). The summed E-state index contributed by atoms with van der Waals surface area (Å²) in [7, 11) is 0. The summed E-state index contributed by atoms with van der Waals surface area (Å²) in [6, 6.07) is 6.04. The number of hydrazone groups is 1. The van der Waals surface area contributed by atoms with Crippen LogP contribution >= 0.6 is 0 Å². The lowest BCUT2D eigenvalue weighted by molar-refractivity contribution is 0.421. The van der Waals surface area contributed by atoms with Crippen LogP contribution in [0.15, 0.2) is 46.9 Å². The monoisotopic (exact) mass is 379 g/mol. The lowest BCUT2D eigenvalue weighted by atomic mass is 9.80. The van der Waals surface area contributed by atoms with Gasteiger partial charge in [0.1, 0.15) is 29.3 Å². The molecule has 28 heavy (non-hydrogen) atoms. The Kier molecular flexibility index (Phi) is 4.77. The van der Waals surface area contributed by atoms with Crippen molar-refractivity contribution in [2.75, 3.05) is 5.73 Å². The molecule has 3 aromatic rings. The Morgan fingerprint density at radius 2 is 2.11 bits per heavy atom. The highest BCUT2D eigenvalue weighted by Gasteiger charge is 2.27. The number of hydrogen-bond acceptors (Lipinski definition) is 6. The summed E-state index contributed by atoms with van der Waals surface area (Å²) in [5.41, 5.74) is 8.79. The Morgan fingerprint density at radius 1 is 1.32 bits per heavy atom. The fourth-order valence-corrected chi connectivity index (χ4v) is 3.55. The molecule has 0 radical (unpaired) electrons. The predicted molar refractivity (Wildman–Crippen MR) is 109 cm³/mol. The van der Waals surface area contributed by atoms with Crippen molar-refractivity contribution in [3.8, 4) is 0 Å². The molecule has 0 saturated heterocycles. The normalized spacial score (nSPS) is 16.6. The van der Waals surface area contributed by atoms with E-state index < -0.39 is 5.82 Å². The second kappa shape index (κ2) is 7.38. The van der Waals surface area contributed by atoms with E-state index >= 15 is 0 Å². The first-order chi connectivity index (χ1) is 13.6. The maximum atomic E-state index is 13.8. The first-order valence-corrected chi connectivity index (χ1v) is 9.27. The van der Waals surface area contributed by atoms with Crippen molar-refractivity contribution in [3.63, 3.8) is 0 Å². The van der Waals surface area contributed by atoms with Crippen molar-refractivity contribution in [2.24, 2.45) is 15.9 Å². The van der Waals surface area contributed by atoms with E-state index in [0.29, 0.717) is 17.4 Å². The van der Waals surface area contributed by atoms with Crippen molar-refractivity contribution >= 4 is 34.5 Å². The summed E-state index contributed by atoms with van der Waals surface area (Å²) in [4.78, 5) is 12.8. The molecule has 1 atom stereocenters. The Balaban J connectivity index is 1.72. The molecule has 1 unspecified atom stereocenters. The number of para-hydroxylation sites is 1. The van der Waals surface area contributed by atoms with Gasteiger partial charge in [-0.25, -0.2) is 14.4 Å². The van der Waals surface area contributed by atoms with E-state index in [9.17, 15) is 4.39 Å². The molecule has 1 fully saturated rings. The average molecular weight is 379 g/mol. The van der Waals surface area contributed by atoms with Gasteiger partial charge in [-0.05, 0) is 43.4 Å². The number of nitrogens with two attached hydrogens (primary N) is 2. The molecule has 144 valence electrons. The van der Waals surface area contributed by atoms with Crippen LogP contribution in [-0.2, 0) is 0 Å². The smallest absolute Gasteiger partial charge is 0.148 e. The lowest BCUT2D eigenvalue weighted by Crippen LogP contribution is -2.19. The first kappa shape index (κ1) is 18.1. The van der Waals surface area contributed by atoms with E-state index in [1.54, 1.807) is 18.2 Å². The van der Waals surface area contributed by atoms with Crippen molar-refractivity contribution < 1.29 is 4.39 Å². The number of hydrogen-bond donors (Lipinski definition) is 2. The third-order valence-corrected chi connectivity index (χ3v) is 5.40. The molecule has 2 aromatic heterocycles. The van der Waals surface area contributed by atoms with Gasteiger partial charge in [0.15, 0.2) is 0 Å². The zero-order valence-corrected chi connectivity index (χ0v) is 15.6. The van der Waals surface area contributed by atoms with Crippen LogP contribution in [0.4, 0.5) is 15.9 Å². The topological polar surface area (TPSA) is 107 Å². The third kappa shape index (κ3) is 3.11. The molecule has 0 amide bonds.